The normalized spacial score (nSPS) is 14.3. The van der Waals surface area contributed by atoms with E-state index < -0.39 is 0 Å². The van der Waals surface area contributed by atoms with E-state index >= 15 is 0 Å². The van der Waals surface area contributed by atoms with Gasteiger partial charge in [-0.2, -0.15) is 0 Å². The molecule has 0 unspecified atom stereocenters. The van der Waals surface area contributed by atoms with Crippen LogP contribution in [0.2, 0.25) is 0 Å². The van der Waals surface area contributed by atoms with Gasteiger partial charge in [0.15, 0.2) is 0 Å². The Balaban J connectivity index is 1.45. The molecular weight excluding hydrogens is 380 g/mol. The summed E-state index contributed by atoms with van der Waals surface area (Å²) in [5.74, 6) is 0.825. The van der Waals surface area contributed by atoms with Gasteiger partial charge in [0.25, 0.3) is 0 Å². The van der Waals surface area contributed by atoms with Crippen LogP contribution in [0.25, 0.3) is 11.0 Å². The van der Waals surface area contributed by atoms with Gasteiger partial charge in [0.1, 0.15) is 12.3 Å². The Kier molecular flexibility index (Phi) is 5.79. The van der Waals surface area contributed by atoms with E-state index in [0.29, 0.717) is 19.6 Å². The van der Waals surface area contributed by atoms with E-state index in [1.54, 1.807) is 16.2 Å². The molecule has 1 fully saturated rings. The lowest BCUT2D eigenvalue weighted by Crippen LogP contribution is -2.50. The Bertz CT molecular complexity index is 1080. The molecule has 1 saturated heterocycles. The Hall–Kier alpha value is -3.22. The lowest BCUT2D eigenvalue weighted by atomic mass is 10.2. The number of methoxy groups -OCH3 is 1. The minimum absolute atomic E-state index is 0.00844. The predicted molar refractivity (Wildman–Crippen MR) is 118 cm³/mol. The van der Waals surface area contributed by atoms with Crippen molar-refractivity contribution in [1.82, 2.24) is 14.0 Å². The highest BCUT2D eigenvalue weighted by molar-refractivity contribution is 5.81. The molecule has 0 spiro atoms. The molecule has 1 aromatic heterocycles. The van der Waals surface area contributed by atoms with Gasteiger partial charge in [-0.1, -0.05) is 19.1 Å². The van der Waals surface area contributed by atoms with Crippen molar-refractivity contribution >= 4 is 22.6 Å². The maximum atomic E-state index is 13.0. The third kappa shape index (κ3) is 3.79. The second-order valence-corrected chi connectivity index (χ2v) is 7.57. The first kappa shape index (κ1) is 20.1. The first-order valence-corrected chi connectivity index (χ1v) is 10.5. The summed E-state index contributed by atoms with van der Waals surface area (Å²) in [6, 6.07) is 15.7. The number of piperazine rings is 1. The minimum Gasteiger partial charge on any atom is -0.497 e. The minimum atomic E-state index is -0.108. The van der Waals surface area contributed by atoms with Crippen molar-refractivity contribution in [3.63, 3.8) is 0 Å². The molecule has 0 radical (unpaired) electrons. The first-order chi connectivity index (χ1) is 14.6. The highest BCUT2D eigenvalue weighted by Crippen LogP contribution is 2.21. The topological polar surface area (TPSA) is 59.7 Å². The van der Waals surface area contributed by atoms with Crippen molar-refractivity contribution in [2.24, 2.45) is 0 Å². The van der Waals surface area contributed by atoms with Crippen LogP contribution in [0.5, 0.6) is 5.75 Å². The molecule has 7 heteroatoms. The maximum Gasteiger partial charge on any atom is 0.329 e. The zero-order valence-electron chi connectivity index (χ0n) is 17.6. The fourth-order valence-corrected chi connectivity index (χ4v) is 4.11. The number of fused-ring (bicyclic) bond motifs is 1. The summed E-state index contributed by atoms with van der Waals surface area (Å²) in [7, 11) is 1.66. The van der Waals surface area contributed by atoms with Gasteiger partial charge in [0.2, 0.25) is 5.91 Å². The van der Waals surface area contributed by atoms with E-state index in [2.05, 4.69) is 4.90 Å². The molecule has 158 valence electrons. The second kappa shape index (κ2) is 8.65. The Labute approximate surface area is 176 Å². The molecule has 4 rings (SSSR count). The van der Waals surface area contributed by atoms with Gasteiger partial charge in [-0.3, -0.25) is 13.9 Å². The average Bonchev–Trinajstić information content (AvgIpc) is 3.05. The summed E-state index contributed by atoms with van der Waals surface area (Å²) < 4.78 is 8.60. The number of benzene rings is 2. The molecule has 2 heterocycles. The number of hydrogen-bond donors (Lipinski definition) is 0. The van der Waals surface area contributed by atoms with Crippen molar-refractivity contribution in [1.29, 1.82) is 0 Å². The predicted octanol–water partition coefficient (Wildman–Crippen LogP) is 2.57. The molecule has 0 atom stereocenters. The Morgan fingerprint density at radius 1 is 0.933 bits per heavy atom. The van der Waals surface area contributed by atoms with Crippen LogP contribution in [0.4, 0.5) is 5.69 Å². The van der Waals surface area contributed by atoms with E-state index in [0.717, 1.165) is 42.0 Å². The van der Waals surface area contributed by atoms with Crippen LogP contribution in [0, 0.1) is 0 Å². The molecule has 0 saturated carbocycles. The SMILES string of the molecule is CCCn1c(=O)n(CC(=O)N2CCN(c3ccc(OC)cc3)CC2)c2ccccc21. The van der Waals surface area contributed by atoms with Crippen molar-refractivity contribution in [3.8, 4) is 5.75 Å². The summed E-state index contributed by atoms with van der Waals surface area (Å²) in [6.45, 7) is 5.61. The number of carbonyl (C=O) groups excluding carboxylic acids is 1. The third-order valence-electron chi connectivity index (χ3n) is 5.74. The van der Waals surface area contributed by atoms with E-state index in [1.165, 1.54) is 0 Å². The van der Waals surface area contributed by atoms with Crippen LogP contribution in [0.3, 0.4) is 0 Å². The van der Waals surface area contributed by atoms with Gasteiger partial charge in [-0.25, -0.2) is 4.79 Å². The molecule has 0 aliphatic carbocycles. The number of nitrogens with zero attached hydrogens (tertiary/aromatic N) is 4. The molecule has 1 amide bonds. The number of aryl methyl sites for hydroxylation is 1. The van der Waals surface area contributed by atoms with Crippen molar-refractivity contribution in [3.05, 3.63) is 59.0 Å². The monoisotopic (exact) mass is 408 g/mol. The highest BCUT2D eigenvalue weighted by atomic mass is 16.5. The van der Waals surface area contributed by atoms with Gasteiger partial charge in [-0.05, 0) is 42.8 Å². The Morgan fingerprint density at radius 2 is 1.57 bits per heavy atom. The van der Waals surface area contributed by atoms with E-state index in [9.17, 15) is 9.59 Å². The zero-order chi connectivity index (χ0) is 21.1. The number of ether oxygens (including phenoxy) is 1. The molecule has 0 bridgehead atoms. The lowest BCUT2D eigenvalue weighted by molar-refractivity contribution is -0.132. The largest absolute Gasteiger partial charge is 0.497 e. The van der Waals surface area contributed by atoms with Crippen molar-refractivity contribution < 1.29 is 9.53 Å². The number of hydrogen-bond acceptors (Lipinski definition) is 4. The van der Waals surface area contributed by atoms with Crippen LogP contribution in [-0.2, 0) is 17.9 Å². The summed E-state index contributed by atoms with van der Waals surface area (Å²) >= 11 is 0. The zero-order valence-corrected chi connectivity index (χ0v) is 17.6. The van der Waals surface area contributed by atoms with E-state index in [4.69, 9.17) is 4.74 Å². The molecule has 0 N–H and O–H groups in total. The number of aromatic nitrogens is 2. The van der Waals surface area contributed by atoms with Crippen molar-refractivity contribution in [2.75, 3.05) is 38.2 Å². The molecule has 1 aliphatic heterocycles. The molecular formula is C23H28N4O3. The number of para-hydroxylation sites is 2. The molecule has 3 aromatic rings. The maximum absolute atomic E-state index is 13.0. The molecule has 30 heavy (non-hydrogen) atoms. The van der Waals surface area contributed by atoms with E-state index in [1.807, 2.05) is 60.4 Å². The average molecular weight is 409 g/mol. The van der Waals surface area contributed by atoms with Crippen LogP contribution < -0.4 is 15.3 Å². The highest BCUT2D eigenvalue weighted by Gasteiger charge is 2.23. The second-order valence-electron chi connectivity index (χ2n) is 7.57. The fourth-order valence-electron chi connectivity index (χ4n) is 4.11. The van der Waals surface area contributed by atoms with Crippen molar-refractivity contribution in [2.45, 2.75) is 26.4 Å². The first-order valence-electron chi connectivity index (χ1n) is 10.5. The van der Waals surface area contributed by atoms with Crippen LogP contribution in [-0.4, -0.2) is 53.2 Å². The summed E-state index contributed by atoms with van der Waals surface area (Å²) in [5.41, 5.74) is 2.73. The Morgan fingerprint density at radius 3 is 2.17 bits per heavy atom. The third-order valence-corrected chi connectivity index (χ3v) is 5.74. The molecule has 1 aliphatic rings. The van der Waals surface area contributed by atoms with Gasteiger partial charge >= 0.3 is 5.69 Å². The van der Waals surface area contributed by atoms with Gasteiger partial charge < -0.3 is 14.5 Å². The number of rotatable bonds is 6. The number of imidazole rings is 1. The fraction of sp³-hybridized carbons (Fsp3) is 0.391. The lowest BCUT2D eigenvalue weighted by Gasteiger charge is -2.36. The van der Waals surface area contributed by atoms with Gasteiger partial charge in [0, 0.05) is 38.4 Å². The van der Waals surface area contributed by atoms with Gasteiger partial charge in [-0.15, -0.1) is 0 Å². The number of amides is 1. The van der Waals surface area contributed by atoms with Crippen LogP contribution in [0.15, 0.2) is 53.3 Å². The number of anilines is 1. The van der Waals surface area contributed by atoms with E-state index in [-0.39, 0.29) is 18.1 Å². The summed E-state index contributed by atoms with van der Waals surface area (Å²) in [4.78, 5) is 30.0. The summed E-state index contributed by atoms with van der Waals surface area (Å²) in [5, 5.41) is 0. The number of carbonyl (C=O) groups is 1. The van der Waals surface area contributed by atoms with Gasteiger partial charge in [0.05, 0.1) is 18.1 Å². The molecule has 2 aromatic carbocycles. The van der Waals surface area contributed by atoms with Crippen LogP contribution in [0.1, 0.15) is 13.3 Å². The molecule has 7 nitrogen and oxygen atoms in total. The quantitative estimate of drug-likeness (QED) is 0.629. The standard InChI is InChI=1S/C23H28N4O3/c1-3-12-26-20-6-4-5-7-21(20)27(23(26)29)17-22(28)25-15-13-24(14-16-25)18-8-10-19(30-2)11-9-18/h4-11H,3,12-17H2,1-2H3. The summed E-state index contributed by atoms with van der Waals surface area (Å²) in [6.07, 6.45) is 0.870. The van der Waals surface area contributed by atoms with Crippen LogP contribution >= 0.6 is 0 Å². The smallest absolute Gasteiger partial charge is 0.329 e.